The minimum absolute atomic E-state index is 0.00482. The van der Waals surface area contributed by atoms with Gasteiger partial charge in [-0.3, -0.25) is 9.89 Å². The Morgan fingerprint density at radius 2 is 1.88 bits per heavy atom. The minimum atomic E-state index is -0.571. The molecule has 0 bridgehead atoms. The maximum absolute atomic E-state index is 12.8. The molecule has 4 rings (SSSR count). The van der Waals surface area contributed by atoms with Crippen LogP contribution in [0.15, 0.2) is 24.3 Å². The molecule has 1 amide bonds. The van der Waals surface area contributed by atoms with Crippen molar-refractivity contribution in [2.75, 3.05) is 37.7 Å². The minimum Gasteiger partial charge on any atom is -0.485 e. The number of nitrogens with one attached hydrogen (secondary N) is 1. The predicted octanol–water partition coefficient (Wildman–Crippen LogP) is 1.52. The van der Waals surface area contributed by atoms with Crippen LogP contribution in [-0.4, -0.2) is 59.9 Å². The van der Waals surface area contributed by atoms with Gasteiger partial charge in [0.2, 0.25) is 6.10 Å². The van der Waals surface area contributed by atoms with Crippen LogP contribution < -0.4 is 14.4 Å². The van der Waals surface area contributed by atoms with Crippen molar-refractivity contribution in [1.29, 1.82) is 0 Å². The topological polar surface area (TPSA) is 70.7 Å². The summed E-state index contributed by atoms with van der Waals surface area (Å²) in [6.07, 6.45) is -0.571. The zero-order valence-electron chi connectivity index (χ0n) is 14.5. The van der Waals surface area contributed by atoms with Gasteiger partial charge in [0.15, 0.2) is 11.5 Å². The average Bonchev–Trinajstić information content (AvgIpc) is 2.99. The molecular weight excluding hydrogens is 320 g/mol. The Labute approximate surface area is 146 Å². The number of nitrogens with zero attached hydrogens (tertiary/aromatic N) is 3. The molecule has 0 spiro atoms. The highest BCUT2D eigenvalue weighted by atomic mass is 16.6. The van der Waals surface area contributed by atoms with Gasteiger partial charge in [-0.2, -0.15) is 5.10 Å². The van der Waals surface area contributed by atoms with Gasteiger partial charge < -0.3 is 19.3 Å². The number of benzene rings is 1. The smallest absolute Gasteiger partial charge is 0.267 e. The van der Waals surface area contributed by atoms with Crippen LogP contribution in [0, 0.1) is 13.8 Å². The molecule has 2 aliphatic rings. The summed E-state index contributed by atoms with van der Waals surface area (Å²) in [6, 6.07) is 7.45. The largest absolute Gasteiger partial charge is 0.485 e. The number of aryl methyl sites for hydroxylation is 2. The zero-order chi connectivity index (χ0) is 17.4. The molecule has 1 unspecified atom stereocenters. The van der Waals surface area contributed by atoms with Gasteiger partial charge >= 0.3 is 0 Å². The van der Waals surface area contributed by atoms with E-state index in [2.05, 4.69) is 15.1 Å². The van der Waals surface area contributed by atoms with E-state index in [1.54, 1.807) is 0 Å². The van der Waals surface area contributed by atoms with Crippen LogP contribution in [0.3, 0.4) is 0 Å². The molecule has 1 aromatic carbocycles. The molecule has 3 heterocycles. The third-order valence-corrected chi connectivity index (χ3v) is 4.78. The van der Waals surface area contributed by atoms with Crippen LogP contribution in [0.5, 0.6) is 11.5 Å². The highest BCUT2D eigenvalue weighted by molar-refractivity contribution is 5.82. The number of anilines is 1. The molecule has 0 radical (unpaired) electrons. The maximum atomic E-state index is 12.8. The fourth-order valence-electron chi connectivity index (χ4n) is 3.51. The number of hydrogen-bond acceptors (Lipinski definition) is 5. The van der Waals surface area contributed by atoms with Crippen LogP contribution in [-0.2, 0) is 4.79 Å². The highest BCUT2D eigenvalue weighted by Gasteiger charge is 2.33. The molecule has 1 saturated heterocycles. The summed E-state index contributed by atoms with van der Waals surface area (Å²) in [5.41, 5.74) is 3.22. The van der Waals surface area contributed by atoms with Crippen LogP contribution >= 0.6 is 0 Å². The SMILES string of the molecule is Cc1n[nH]c(C)c1N1CCN(C(=O)C2COc3ccccc3O2)CC1. The lowest BCUT2D eigenvalue weighted by molar-refractivity contribution is -0.141. The molecule has 1 atom stereocenters. The van der Waals surface area contributed by atoms with E-state index in [9.17, 15) is 4.79 Å². The number of H-pyrrole nitrogens is 1. The Morgan fingerprint density at radius 1 is 1.16 bits per heavy atom. The monoisotopic (exact) mass is 342 g/mol. The number of para-hydroxylation sites is 2. The average molecular weight is 342 g/mol. The van der Waals surface area contributed by atoms with Crippen LogP contribution in [0.25, 0.3) is 0 Å². The zero-order valence-corrected chi connectivity index (χ0v) is 14.5. The summed E-state index contributed by atoms with van der Waals surface area (Å²) in [5.74, 6) is 1.33. The third-order valence-electron chi connectivity index (χ3n) is 4.78. The van der Waals surface area contributed by atoms with Gasteiger partial charge in [-0.05, 0) is 26.0 Å². The first-order chi connectivity index (χ1) is 12.1. The van der Waals surface area contributed by atoms with E-state index in [-0.39, 0.29) is 12.5 Å². The number of ether oxygens (including phenoxy) is 2. The van der Waals surface area contributed by atoms with Gasteiger partial charge in [0.25, 0.3) is 5.91 Å². The van der Waals surface area contributed by atoms with Crippen molar-refractivity contribution in [3.63, 3.8) is 0 Å². The molecule has 25 heavy (non-hydrogen) atoms. The normalized spacial score (nSPS) is 19.8. The number of piperazine rings is 1. The van der Waals surface area contributed by atoms with Crippen LogP contribution in [0.4, 0.5) is 5.69 Å². The summed E-state index contributed by atoms with van der Waals surface area (Å²) < 4.78 is 11.5. The number of hydrogen-bond donors (Lipinski definition) is 1. The van der Waals surface area contributed by atoms with Gasteiger partial charge in [0, 0.05) is 26.2 Å². The first-order valence-electron chi connectivity index (χ1n) is 8.57. The fourth-order valence-corrected chi connectivity index (χ4v) is 3.51. The molecule has 1 aromatic heterocycles. The first kappa shape index (κ1) is 15.8. The standard InChI is InChI=1S/C18H22N4O3/c1-12-17(13(2)20-19-12)21-7-9-22(10-8-21)18(23)16-11-24-14-5-3-4-6-15(14)25-16/h3-6,16H,7-11H2,1-2H3,(H,19,20). The van der Waals surface area contributed by atoms with Crippen molar-refractivity contribution in [2.45, 2.75) is 20.0 Å². The van der Waals surface area contributed by atoms with Gasteiger partial charge in [0.1, 0.15) is 6.61 Å². The molecule has 7 heteroatoms. The molecule has 0 aliphatic carbocycles. The van der Waals surface area contributed by atoms with Crippen LogP contribution in [0.1, 0.15) is 11.4 Å². The van der Waals surface area contributed by atoms with Crippen molar-refractivity contribution in [3.8, 4) is 11.5 Å². The van der Waals surface area contributed by atoms with E-state index in [4.69, 9.17) is 9.47 Å². The van der Waals surface area contributed by atoms with E-state index in [0.717, 1.165) is 30.2 Å². The quantitative estimate of drug-likeness (QED) is 0.896. The molecule has 2 aromatic rings. The molecule has 0 saturated carbocycles. The Morgan fingerprint density at radius 3 is 2.56 bits per heavy atom. The highest BCUT2D eigenvalue weighted by Crippen LogP contribution is 2.31. The van der Waals surface area contributed by atoms with Crippen LogP contribution in [0.2, 0.25) is 0 Å². The molecule has 132 valence electrons. The van der Waals surface area contributed by atoms with Gasteiger partial charge in [-0.15, -0.1) is 0 Å². The number of carbonyl (C=O) groups is 1. The number of carbonyl (C=O) groups excluding carboxylic acids is 1. The van der Waals surface area contributed by atoms with E-state index in [0.29, 0.717) is 24.6 Å². The van der Waals surface area contributed by atoms with Crippen molar-refractivity contribution in [2.24, 2.45) is 0 Å². The van der Waals surface area contributed by atoms with E-state index in [1.807, 2.05) is 43.0 Å². The summed E-state index contributed by atoms with van der Waals surface area (Å²) in [7, 11) is 0. The predicted molar refractivity (Wildman–Crippen MR) is 93.2 cm³/mol. The second-order valence-corrected chi connectivity index (χ2v) is 6.46. The van der Waals surface area contributed by atoms with Gasteiger partial charge in [-0.1, -0.05) is 12.1 Å². The first-order valence-corrected chi connectivity index (χ1v) is 8.57. The summed E-state index contributed by atoms with van der Waals surface area (Å²) >= 11 is 0. The summed E-state index contributed by atoms with van der Waals surface area (Å²) in [6.45, 7) is 7.21. The Bertz CT molecular complexity index is 761. The van der Waals surface area contributed by atoms with Crippen molar-refractivity contribution < 1.29 is 14.3 Å². The lowest BCUT2D eigenvalue weighted by Crippen LogP contribution is -2.54. The van der Waals surface area contributed by atoms with E-state index in [1.165, 1.54) is 0 Å². The third kappa shape index (κ3) is 2.90. The Balaban J connectivity index is 1.39. The molecular formula is C18H22N4O3. The molecule has 2 aliphatic heterocycles. The molecule has 1 N–H and O–H groups in total. The lowest BCUT2D eigenvalue weighted by atomic mass is 10.2. The number of fused-ring (bicyclic) bond motifs is 1. The summed E-state index contributed by atoms with van der Waals surface area (Å²) in [4.78, 5) is 16.9. The number of rotatable bonds is 2. The lowest BCUT2D eigenvalue weighted by Gasteiger charge is -2.38. The molecule has 1 fully saturated rings. The second kappa shape index (κ2) is 6.31. The van der Waals surface area contributed by atoms with Crippen molar-refractivity contribution in [3.05, 3.63) is 35.7 Å². The fraction of sp³-hybridized carbons (Fsp3) is 0.444. The van der Waals surface area contributed by atoms with E-state index >= 15 is 0 Å². The number of amides is 1. The van der Waals surface area contributed by atoms with Gasteiger partial charge in [-0.25, -0.2) is 0 Å². The van der Waals surface area contributed by atoms with E-state index < -0.39 is 6.10 Å². The van der Waals surface area contributed by atoms with Crippen molar-refractivity contribution >= 4 is 11.6 Å². The summed E-state index contributed by atoms with van der Waals surface area (Å²) in [5, 5.41) is 7.28. The molecule has 7 nitrogen and oxygen atoms in total. The number of aromatic amines is 1. The van der Waals surface area contributed by atoms with Crippen molar-refractivity contribution in [1.82, 2.24) is 15.1 Å². The maximum Gasteiger partial charge on any atom is 0.267 e. The second-order valence-electron chi connectivity index (χ2n) is 6.46. The number of aromatic nitrogens is 2. The van der Waals surface area contributed by atoms with Gasteiger partial charge in [0.05, 0.1) is 17.1 Å². The Hall–Kier alpha value is -2.70. The Kier molecular flexibility index (Phi) is 3.99.